The zero-order chi connectivity index (χ0) is 23.2. The highest BCUT2D eigenvalue weighted by atomic mass is 32.2. The highest BCUT2D eigenvalue weighted by Gasteiger charge is 2.20. The number of anilines is 1. The molecule has 0 aliphatic heterocycles. The van der Waals surface area contributed by atoms with Crippen LogP contribution in [0.4, 0.5) is 5.69 Å². The fraction of sp³-hybridized carbons (Fsp3) is 0.458. The van der Waals surface area contributed by atoms with Crippen LogP contribution in [0, 0.1) is 20.8 Å². The summed E-state index contributed by atoms with van der Waals surface area (Å²) >= 11 is 0. The van der Waals surface area contributed by atoms with E-state index in [4.69, 9.17) is 4.74 Å². The summed E-state index contributed by atoms with van der Waals surface area (Å²) in [6.45, 7) is 8.13. The lowest BCUT2D eigenvalue weighted by molar-refractivity contribution is -0.121. The molecule has 0 bridgehead atoms. The van der Waals surface area contributed by atoms with Gasteiger partial charge in [-0.1, -0.05) is 31.2 Å². The predicted molar refractivity (Wildman–Crippen MR) is 126 cm³/mol. The first-order valence-corrected chi connectivity index (χ1v) is 12.4. The Kier molecular flexibility index (Phi) is 8.51. The number of nitrogens with one attached hydrogen (secondary N) is 1. The summed E-state index contributed by atoms with van der Waals surface area (Å²) in [5, 5.41) is 3.07. The molecule has 0 unspecified atom stereocenters. The van der Waals surface area contributed by atoms with Crippen molar-refractivity contribution in [3.8, 4) is 5.75 Å². The molecule has 2 aromatic rings. The molecule has 1 atom stereocenters. The lowest BCUT2D eigenvalue weighted by Crippen LogP contribution is -2.33. The molecular weight excluding hydrogens is 412 g/mol. The van der Waals surface area contributed by atoms with Crippen molar-refractivity contribution < 1.29 is 17.9 Å². The van der Waals surface area contributed by atoms with E-state index in [1.807, 2.05) is 64.1 Å². The number of benzene rings is 2. The number of aryl methyl sites for hydroxylation is 2. The van der Waals surface area contributed by atoms with Gasteiger partial charge in [-0.25, -0.2) is 8.42 Å². The Morgan fingerprint density at radius 1 is 1.13 bits per heavy atom. The maximum absolute atomic E-state index is 12.6. The molecule has 0 saturated carbocycles. The topological polar surface area (TPSA) is 75.7 Å². The summed E-state index contributed by atoms with van der Waals surface area (Å²) in [6.07, 6.45) is 2.65. The minimum absolute atomic E-state index is 0.0882. The van der Waals surface area contributed by atoms with E-state index < -0.39 is 10.0 Å². The molecule has 0 saturated heterocycles. The summed E-state index contributed by atoms with van der Waals surface area (Å²) in [5.74, 6) is 0.729. The van der Waals surface area contributed by atoms with Crippen molar-refractivity contribution in [2.45, 2.75) is 53.0 Å². The van der Waals surface area contributed by atoms with Gasteiger partial charge in [-0.05, 0) is 68.0 Å². The number of ether oxygens (including phenoxy) is 1. The third kappa shape index (κ3) is 6.47. The van der Waals surface area contributed by atoms with Crippen LogP contribution in [-0.2, 0) is 14.8 Å². The van der Waals surface area contributed by atoms with Gasteiger partial charge in [0.25, 0.3) is 0 Å². The zero-order valence-corrected chi connectivity index (χ0v) is 20.2. The van der Waals surface area contributed by atoms with Crippen LogP contribution in [0.25, 0.3) is 0 Å². The molecule has 0 aliphatic carbocycles. The minimum Gasteiger partial charge on any atom is -0.496 e. The number of sulfonamides is 1. The second-order valence-electron chi connectivity index (χ2n) is 7.92. The van der Waals surface area contributed by atoms with Crippen molar-refractivity contribution in [2.75, 3.05) is 24.2 Å². The van der Waals surface area contributed by atoms with Crippen molar-refractivity contribution in [1.29, 1.82) is 0 Å². The average Bonchev–Trinajstić information content (AvgIpc) is 2.71. The number of methoxy groups -OCH3 is 1. The first kappa shape index (κ1) is 24.7. The fourth-order valence-electron chi connectivity index (χ4n) is 3.66. The number of amides is 1. The molecule has 0 aromatic heterocycles. The van der Waals surface area contributed by atoms with Gasteiger partial charge in [0.15, 0.2) is 0 Å². The molecule has 0 aliphatic rings. The lowest BCUT2D eigenvalue weighted by Gasteiger charge is -2.25. The standard InChI is InChI=1S/C24H34N2O4S/c1-7-21(20-13-14-23(30-5)18(3)16-20)25-24(27)12-9-15-26(31(6,28)29)22-11-8-10-17(2)19(22)4/h8,10-11,13-14,16,21H,7,9,12,15H2,1-6H3,(H,25,27)/t21-/m0/s1. The van der Waals surface area contributed by atoms with Crippen molar-refractivity contribution in [1.82, 2.24) is 5.32 Å². The first-order valence-electron chi connectivity index (χ1n) is 10.6. The SMILES string of the molecule is CC[C@H](NC(=O)CCCN(c1cccc(C)c1C)S(C)(=O)=O)c1ccc(OC)c(C)c1. The van der Waals surface area contributed by atoms with E-state index in [1.165, 1.54) is 10.6 Å². The maximum atomic E-state index is 12.6. The largest absolute Gasteiger partial charge is 0.496 e. The molecule has 2 aromatic carbocycles. The molecule has 170 valence electrons. The summed E-state index contributed by atoms with van der Waals surface area (Å²) < 4.78 is 31.5. The van der Waals surface area contributed by atoms with E-state index in [-0.39, 0.29) is 24.9 Å². The lowest BCUT2D eigenvalue weighted by atomic mass is 10.0. The number of rotatable bonds is 10. The van der Waals surface area contributed by atoms with E-state index in [0.717, 1.165) is 34.4 Å². The molecule has 1 amide bonds. The Morgan fingerprint density at radius 3 is 2.42 bits per heavy atom. The summed E-state index contributed by atoms with van der Waals surface area (Å²) in [7, 11) is -1.81. The Morgan fingerprint density at radius 2 is 1.84 bits per heavy atom. The van der Waals surface area contributed by atoms with Crippen LogP contribution in [0.1, 0.15) is 54.5 Å². The summed E-state index contributed by atoms with van der Waals surface area (Å²) in [6, 6.07) is 11.4. The molecule has 0 fully saturated rings. The third-order valence-corrected chi connectivity index (χ3v) is 6.75. The summed E-state index contributed by atoms with van der Waals surface area (Å²) in [5.41, 5.74) is 4.68. The molecule has 2 rings (SSSR count). The fourth-order valence-corrected chi connectivity index (χ4v) is 4.68. The molecule has 6 nitrogen and oxygen atoms in total. The third-order valence-electron chi connectivity index (χ3n) is 5.57. The smallest absolute Gasteiger partial charge is 0.232 e. The van der Waals surface area contributed by atoms with Gasteiger partial charge in [0.1, 0.15) is 5.75 Å². The Balaban J connectivity index is 2.03. The van der Waals surface area contributed by atoms with Gasteiger partial charge < -0.3 is 10.1 Å². The van der Waals surface area contributed by atoms with Gasteiger partial charge in [0, 0.05) is 13.0 Å². The van der Waals surface area contributed by atoms with Crippen molar-refractivity contribution >= 4 is 21.6 Å². The zero-order valence-electron chi connectivity index (χ0n) is 19.4. The highest BCUT2D eigenvalue weighted by Crippen LogP contribution is 2.26. The molecule has 31 heavy (non-hydrogen) atoms. The second-order valence-corrected chi connectivity index (χ2v) is 9.82. The Labute approximate surface area is 186 Å². The molecule has 0 spiro atoms. The quantitative estimate of drug-likeness (QED) is 0.586. The van der Waals surface area contributed by atoms with Gasteiger partial charge in [-0.3, -0.25) is 9.10 Å². The Bertz CT molecular complexity index is 1020. The van der Waals surface area contributed by atoms with E-state index in [9.17, 15) is 13.2 Å². The minimum atomic E-state index is -3.45. The molecule has 7 heteroatoms. The monoisotopic (exact) mass is 446 g/mol. The Hall–Kier alpha value is -2.54. The average molecular weight is 447 g/mol. The number of hydrogen-bond donors (Lipinski definition) is 1. The van der Waals surface area contributed by atoms with Crippen LogP contribution in [0.3, 0.4) is 0 Å². The molecule has 0 heterocycles. The van der Waals surface area contributed by atoms with Crippen LogP contribution in [0.15, 0.2) is 36.4 Å². The number of hydrogen-bond acceptors (Lipinski definition) is 4. The normalized spacial score (nSPS) is 12.3. The molecular formula is C24H34N2O4S. The number of nitrogens with zero attached hydrogens (tertiary/aromatic N) is 1. The highest BCUT2D eigenvalue weighted by molar-refractivity contribution is 7.92. The molecule has 1 N–H and O–H groups in total. The number of carbonyl (C=O) groups is 1. The van der Waals surface area contributed by atoms with Crippen molar-refractivity contribution in [2.24, 2.45) is 0 Å². The van der Waals surface area contributed by atoms with E-state index in [0.29, 0.717) is 12.1 Å². The van der Waals surface area contributed by atoms with Crippen molar-refractivity contribution in [3.05, 3.63) is 58.7 Å². The molecule has 0 radical (unpaired) electrons. The predicted octanol–water partition coefficient (Wildman–Crippen LogP) is 4.43. The van der Waals surface area contributed by atoms with Gasteiger partial charge in [0.2, 0.25) is 15.9 Å². The second kappa shape index (κ2) is 10.7. The summed E-state index contributed by atoms with van der Waals surface area (Å²) in [4.78, 5) is 12.6. The van der Waals surface area contributed by atoms with Crippen LogP contribution in [-0.4, -0.2) is 34.2 Å². The van der Waals surface area contributed by atoms with Gasteiger partial charge in [0.05, 0.1) is 25.1 Å². The van der Waals surface area contributed by atoms with E-state index in [2.05, 4.69) is 5.32 Å². The maximum Gasteiger partial charge on any atom is 0.232 e. The van der Waals surface area contributed by atoms with Crippen LogP contribution in [0.5, 0.6) is 5.75 Å². The van der Waals surface area contributed by atoms with Crippen LogP contribution < -0.4 is 14.4 Å². The van der Waals surface area contributed by atoms with Crippen LogP contribution in [0.2, 0.25) is 0 Å². The van der Waals surface area contributed by atoms with Gasteiger partial charge in [-0.15, -0.1) is 0 Å². The van der Waals surface area contributed by atoms with Gasteiger partial charge >= 0.3 is 0 Å². The van der Waals surface area contributed by atoms with Crippen LogP contribution >= 0.6 is 0 Å². The number of carbonyl (C=O) groups excluding carboxylic acids is 1. The first-order chi connectivity index (χ1) is 14.6. The van der Waals surface area contributed by atoms with Gasteiger partial charge in [-0.2, -0.15) is 0 Å². The van der Waals surface area contributed by atoms with Crippen molar-refractivity contribution in [3.63, 3.8) is 0 Å². The van der Waals surface area contributed by atoms with E-state index in [1.54, 1.807) is 7.11 Å². The van der Waals surface area contributed by atoms with E-state index >= 15 is 0 Å².